The zero-order valence-corrected chi connectivity index (χ0v) is 43.9. The Labute approximate surface area is 394 Å². The fourth-order valence-electron chi connectivity index (χ4n) is 6.56. The van der Waals surface area contributed by atoms with Gasteiger partial charge in [0.1, 0.15) is 0 Å². The first-order valence-corrected chi connectivity index (χ1v) is 18.3. The molecule has 0 N–H and O–H groups in total. The molecule has 286 valence electrons. The van der Waals surface area contributed by atoms with Crippen molar-refractivity contribution in [3.8, 4) is 23.0 Å². The van der Waals surface area contributed by atoms with E-state index in [9.17, 15) is 20.4 Å². The van der Waals surface area contributed by atoms with E-state index < -0.39 is 0 Å². The molecule has 7 heteroatoms. The summed E-state index contributed by atoms with van der Waals surface area (Å²) in [6, 6.07) is 15.6. The number of aryl methyl sites for hydroxylation is 4. The van der Waals surface area contributed by atoms with Gasteiger partial charge in [-0.05, 0) is 84.5 Å². The Balaban J connectivity index is 0.000000961. The van der Waals surface area contributed by atoms with E-state index in [1.807, 2.05) is 76.2 Å². The van der Waals surface area contributed by atoms with Crippen LogP contribution >= 0.6 is 0 Å². The smallest absolute Gasteiger partial charge is 0.872 e. The summed E-state index contributed by atoms with van der Waals surface area (Å²) in [4.78, 5) is 0. The standard InChI is InChI=1S/2C23H32O2.CH3O.K.U/c2*1-14-9-16(20(24)18(11-14)22(3,4)5)13-17-10-15(2)12-19(21(17)25)23(6,7)8;1-2;;/h2*9-12,24-25H,13H2,1-8H3;1H3;;/q;;-1;+1;+4/p-4. The van der Waals surface area contributed by atoms with E-state index in [-0.39, 0.29) is 127 Å². The minimum Gasteiger partial charge on any atom is -0.872 e. The molecule has 0 heterocycles. The summed E-state index contributed by atoms with van der Waals surface area (Å²) in [7, 11) is 0.750. The van der Waals surface area contributed by atoms with Gasteiger partial charge in [-0.1, -0.05) is 176 Å². The first-order valence-electron chi connectivity index (χ1n) is 18.3. The second-order valence-electron chi connectivity index (χ2n) is 18.6. The van der Waals surface area contributed by atoms with Crippen LogP contribution in [0.5, 0.6) is 23.0 Å². The van der Waals surface area contributed by atoms with Crippen molar-refractivity contribution in [1.29, 1.82) is 0 Å². The molecule has 0 unspecified atom stereocenters. The van der Waals surface area contributed by atoms with Crippen LogP contribution in [0.4, 0.5) is 0 Å². The molecule has 0 spiro atoms. The fourth-order valence-corrected chi connectivity index (χ4v) is 6.56. The van der Waals surface area contributed by atoms with E-state index in [1.54, 1.807) is 0 Å². The average Bonchev–Trinajstić information content (AvgIpc) is 2.98. The van der Waals surface area contributed by atoms with Gasteiger partial charge in [-0.2, -0.15) is 7.11 Å². The zero-order valence-electron chi connectivity index (χ0n) is 36.6. The number of hydrogen-bond acceptors (Lipinski definition) is 5. The molecule has 5 nitrogen and oxygen atoms in total. The Kier molecular flexibility index (Phi) is 19.9. The van der Waals surface area contributed by atoms with Gasteiger partial charge in [0.15, 0.2) is 0 Å². The molecule has 0 radical (unpaired) electrons. The number of benzene rings is 4. The van der Waals surface area contributed by atoms with E-state index >= 15 is 0 Å². The van der Waals surface area contributed by atoms with Crippen molar-refractivity contribution >= 4 is 0 Å². The molecular weight excluding hydrogens is 922 g/mol. The molecular formula is C47H63KO5U. The van der Waals surface area contributed by atoms with Crippen LogP contribution in [0, 0.1) is 58.8 Å². The first kappa shape index (κ1) is 52.7. The molecule has 0 bridgehead atoms. The molecule has 0 saturated heterocycles. The van der Waals surface area contributed by atoms with Crippen molar-refractivity contribution in [1.82, 2.24) is 0 Å². The van der Waals surface area contributed by atoms with Crippen LogP contribution in [0.15, 0.2) is 48.5 Å². The van der Waals surface area contributed by atoms with Gasteiger partial charge in [0.2, 0.25) is 0 Å². The third kappa shape index (κ3) is 14.0. The minimum absolute atomic E-state index is 0. The van der Waals surface area contributed by atoms with Crippen LogP contribution < -0.4 is 76.9 Å². The van der Waals surface area contributed by atoms with Gasteiger partial charge in [0.25, 0.3) is 0 Å². The van der Waals surface area contributed by atoms with Crippen molar-refractivity contribution in [3.63, 3.8) is 0 Å². The zero-order chi connectivity index (χ0) is 40.3. The molecule has 54 heavy (non-hydrogen) atoms. The molecule has 0 atom stereocenters. The maximum absolute atomic E-state index is 12.9. The maximum Gasteiger partial charge on any atom is 4.00 e. The van der Waals surface area contributed by atoms with Crippen LogP contribution in [0.25, 0.3) is 0 Å². The summed E-state index contributed by atoms with van der Waals surface area (Å²) in [5.41, 5.74) is 9.57. The van der Waals surface area contributed by atoms with E-state index in [4.69, 9.17) is 5.11 Å². The summed E-state index contributed by atoms with van der Waals surface area (Å²) in [5.74, 6) is 0.264. The quantitative estimate of drug-likeness (QED) is 0.260. The Hall–Kier alpha value is -1.27. The topological polar surface area (TPSA) is 115 Å². The van der Waals surface area contributed by atoms with Crippen molar-refractivity contribution < 1.29 is 108 Å². The van der Waals surface area contributed by atoms with Gasteiger partial charge in [-0.25, -0.2) is 0 Å². The largest absolute Gasteiger partial charge is 4.00 e. The summed E-state index contributed by atoms with van der Waals surface area (Å²) in [6.07, 6.45) is 0.792. The Morgan fingerprint density at radius 3 is 0.630 bits per heavy atom. The SMILES string of the molecule is C[O-].Cc1cc(Cc2cc(C)cc(C(C)(C)C)c2[O-])c([O-])c(C(C)(C)C)c1.Cc1cc(Cc2cc(C)cc(C(C)(C)C)c2[O-])c([O-])c(C(C)(C)C)c1.[K+].[U+4]. The number of hydrogen-bond donors (Lipinski definition) is 0. The van der Waals surface area contributed by atoms with E-state index in [1.165, 1.54) is 0 Å². The van der Waals surface area contributed by atoms with Crippen molar-refractivity contribution in [2.75, 3.05) is 7.11 Å². The summed E-state index contributed by atoms with van der Waals surface area (Å²) >= 11 is 0. The maximum atomic E-state index is 12.9. The van der Waals surface area contributed by atoms with Gasteiger partial charge in [-0.15, -0.1) is 23.0 Å². The molecule has 0 fully saturated rings. The second-order valence-corrected chi connectivity index (χ2v) is 18.6. The van der Waals surface area contributed by atoms with Crippen LogP contribution in [0.3, 0.4) is 0 Å². The Morgan fingerprint density at radius 1 is 0.352 bits per heavy atom. The predicted molar refractivity (Wildman–Crippen MR) is 209 cm³/mol. The monoisotopic (exact) mass is 984 g/mol. The average molecular weight is 985 g/mol. The third-order valence-electron chi connectivity index (χ3n) is 9.23. The van der Waals surface area contributed by atoms with Crippen molar-refractivity contribution in [3.05, 3.63) is 115 Å². The van der Waals surface area contributed by atoms with E-state index in [2.05, 4.69) is 83.1 Å². The summed E-state index contributed by atoms with van der Waals surface area (Å²) < 4.78 is 0. The molecule has 0 amide bonds. The normalized spacial score (nSPS) is 11.7. The van der Waals surface area contributed by atoms with Gasteiger partial charge in [0, 0.05) is 0 Å². The van der Waals surface area contributed by atoms with Crippen LogP contribution in [-0.4, -0.2) is 7.11 Å². The molecule has 0 aliphatic rings. The fraction of sp³-hybridized carbons (Fsp3) is 0.489. The molecule has 0 aliphatic heterocycles. The van der Waals surface area contributed by atoms with Crippen LogP contribution in [-0.2, 0) is 34.5 Å². The Bertz CT molecular complexity index is 1590. The molecule has 0 aromatic heterocycles. The molecule has 4 aromatic rings. The van der Waals surface area contributed by atoms with Gasteiger partial charge in [-0.3, -0.25) is 0 Å². The predicted octanol–water partition coefficient (Wildman–Crippen LogP) is 5.25. The van der Waals surface area contributed by atoms with E-state index in [0.717, 1.165) is 51.6 Å². The molecule has 4 aromatic carbocycles. The van der Waals surface area contributed by atoms with Gasteiger partial charge >= 0.3 is 82.5 Å². The first-order chi connectivity index (χ1) is 23.6. The van der Waals surface area contributed by atoms with Crippen molar-refractivity contribution in [2.24, 2.45) is 0 Å². The van der Waals surface area contributed by atoms with Crippen LogP contribution in [0.1, 0.15) is 150 Å². The van der Waals surface area contributed by atoms with Crippen LogP contribution in [0.2, 0.25) is 0 Å². The summed E-state index contributed by atoms with van der Waals surface area (Å²) in [5, 5.41) is 60.0. The minimum atomic E-state index is -0.207. The van der Waals surface area contributed by atoms with Gasteiger partial charge in [0.05, 0.1) is 0 Å². The van der Waals surface area contributed by atoms with Gasteiger partial charge < -0.3 is 25.5 Å². The summed E-state index contributed by atoms with van der Waals surface area (Å²) in [6.45, 7) is 32.7. The molecule has 4 rings (SSSR count). The third-order valence-corrected chi connectivity index (χ3v) is 9.23. The molecule has 0 saturated carbocycles. The number of rotatable bonds is 4. The Morgan fingerprint density at radius 2 is 0.500 bits per heavy atom. The second kappa shape index (κ2) is 20.4. The van der Waals surface area contributed by atoms with E-state index in [0.29, 0.717) is 35.1 Å². The van der Waals surface area contributed by atoms with Crippen molar-refractivity contribution in [2.45, 2.75) is 145 Å². The molecule has 0 aliphatic carbocycles.